The van der Waals surface area contributed by atoms with Gasteiger partial charge in [0.2, 0.25) is 0 Å². The lowest BCUT2D eigenvalue weighted by atomic mass is 10.1. The van der Waals surface area contributed by atoms with E-state index < -0.39 is 0 Å². The maximum absolute atomic E-state index is 12.4. The standard InChI is InChI=1S/C20H25N3O.ClH/c1-15(13-23(2)14-16-6-4-3-5-7-16)22-20(24)17-8-9-18-11-21-12-19(18)10-17;/h3-10,15,21H,11-14H2,1-2H3,(H,22,24);1H. The third kappa shape index (κ3) is 5.30. The number of hydrogen-bond acceptors (Lipinski definition) is 3. The number of benzene rings is 2. The molecule has 0 saturated heterocycles. The van der Waals surface area contributed by atoms with Crippen molar-refractivity contribution in [3.8, 4) is 0 Å². The molecule has 134 valence electrons. The molecule has 1 heterocycles. The topological polar surface area (TPSA) is 44.4 Å². The maximum Gasteiger partial charge on any atom is 0.251 e. The summed E-state index contributed by atoms with van der Waals surface area (Å²) in [7, 11) is 2.08. The fraction of sp³-hybridized carbons (Fsp3) is 0.350. The summed E-state index contributed by atoms with van der Waals surface area (Å²) in [4.78, 5) is 14.7. The fourth-order valence-electron chi connectivity index (χ4n) is 3.22. The monoisotopic (exact) mass is 359 g/mol. The van der Waals surface area contributed by atoms with Gasteiger partial charge in [-0.1, -0.05) is 36.4 Å². The Morgan fingerprint density at radius 1 is 1.16 bits per heavy atom. The molecule has 1 unspecified atom stereocenters. The number of rotatable bonds is 6. The Kier molecular flexibility index (Phi) is 7.00. The minimum Gasteiger partial charge on any atom is -0.348 e. The lowest BCUT2D eigenvalue weighted by Gasteiger charge is -2.22. The molecule has 5 heteroatoms. The van der Waals surface area contributed by atoms with Crippen LogP contribution in [-0.2, 0) is 19.6 Å². The molecule has 0 saturated carbocycles. The van der Waals surface area contributed by atoms with Crippen molar-refractivity contribution in [1.82, 2.24) is 15.5 Å². The molecule has 0 bridgehead atoms. The van der Waals surface area contributed by atoms with Gasteiger partial charge in [-0.05, 0) is 42.8 Å². The predicted molar refractivity (Wildman–Crippen MR) is 104 cm³/mol. The number of carbonyl (C=O) groups excluding carboxylic acids is 1. The fourth-order valence-corrected chi connectivity index (χ4v) is 3.22. The van der Waals surface area contributed by atoms with Gasteiger partial charge < -0.3 is 15.5 Å². The second kappa shape index (κ2) is 8.99. The number of fused-ring (bicyclic) bond motifs is 1. The summed E-state index contributed by atoms with van der Waals surface area (Å²) in [5.41, 5.74) is 4.55. The summed E-state index contributed by atoms with van der Waals surface area (Å²) >= 11 is 0. The predicted octanol–water partition coefficient (Wildman–Crippen LogP) is 2.96. The lowest BCUT2D eigenvalue weighted by molar-refractivity contribution is 0.0931. The van der Waals surface area contributed by atoms with Crippen molar-refractivity contribution in [1.29, 1.82) is 0 Å². The van der Waals surface area contributed by atoms with Gasteiger partial charge in [-0.25, -0.2) is 0 Å². The van der Waals surface area contributed by atoms with E-state index in [1.54, 1.807) is 0 Å². The van der Waals surface area contributed by atoms with Gasteiger partial charge in [-0.3, -0.25) is 4.79 Å². The van der Waals surface area contributed by atoms with Crippen molar-refractivity contribution in [3.63, 3.8) is 0 Å². The van der Waals surface area contributed by atoms with Crippen LogP contribution in [0.4, 0.5) is 0 Å². The van der Waals surface area contributed by atoms with Crippen LogP contribution in [-0.4, -0.2) is 30.4 Å². The molecule has 2 N–H and O–H groups in total. The van der Waals surface area contributed by atoms with E-state index in [4.69, 9.17) is 0 Å². The van der Waals surface area contributed by atoms with Crippen molar-refractivity contribution < 1.29 is 4.79 Å². The van der Waals surface area contributed by atoms with E-state index in [1.807, 2.05) is 25.1 Å². The van der Waals surface area contributed by atoms with Gasteiger partial charge in [0.15, 0.2) is 0 Å². The van der Waals surface area contributed by atoms with E-state index in [2.05, 4.69) is 52.9 Å². The highest BCUT2D eigenvalue weighted by molar-refractivity contribution is 5.94. The van der Waals surface area contributed by atoms with Gasteiger partial charge in [0, 0.05) is 37.8 Å². The average molecular weight is 360 g/mol. The van der Waals surface area contributed by atoms with E-state index in [0.717, 1.165) is 31.7 Å². The van der Waals surface area contributed by atoms with Gasteiger partial charge in [0.05, 0.1) is 0 Å². The Morgan fingerprint density at radius 2 is 1.88 bits per heavy atom. The van der Waals surface area contributed by atoms with E-state index in [0.29, 0.717) is 0 Å². The van der Waals surface area contributed by atoms with Crippen molar-refractivity contribution >= 4 is 18.3 Å². The molecule has 1 atom stereocenters. The first-order chi connectivity index (χ1) is 11.6. The first-order valence-electron chi connectivity index (χ1n) is 8.47. The molecular weight excluding hydrogens is 334 g/mol. The highest BCUT2D eigenvalue weighted by Gasteiger charge is 2.15. The average Bonchev–Trinajstić information content (AvgIpc) is 3.02. The van der Waals surface area contributed by atoms with Crippen molar-refractivity contribution in [2.45, 2.75) is 32.6 Å². The van der Waals surface area contributed by atoms with Crippen molar-refractivity contribution in [2.24, 2.45) is 0 Å². The summed E-state index contributed by atoms with van der Waals surface area (Å²) in [6, 6.07) is 16.4. The van der Waals surface area contributed by atoms with Crippen LogP contribution < -0.4 is 10.6 Å². The second-order valence-corrected chi connectivity index (χ2v) is 6.64. The number of amides is 1. The van der Waals surface area contributed by atoms with Crippen molar-refractivity contribution in [3.05, 3.63) is 70.8 Å². The lowest BCUT2D eigenvalue weighted by Crippen LogP contribution is -2.40. The van der Waals surface area contributed by atoms with E-state index in [1.165, 1.54) is 16.7 Å². The molecule has 0 aliphatic carbocycles. The zero-order chi connectivity index (χ0) is 16.9. The maximum atomic E-state index is 12.4. The van der Waals surface area contributed by atoms with E-state index in [9.17, 15) is 4.79 Å². The number of carbonyl (C=O) groups is 1. The zero-order valence-corrected chi connectivity index (χ0v) is 15.6. The Labute approximate surface area is 156 Å². The zero-order valence-electron chi connectivity index (χ0n) is 14.8. The summed E-state index contributed by atoms with van der Waals surface area (Å²) in [5.74, 6) is 0.00492. The van der Waals surface area contributed by atoms with Gasteiger partial charge in [-0.15, -0.1) is 12.4 Å². The summed E-state index contributed by atoms with van der Waals surface area (Å²) in [6.07, 6.45) is 0. The number of likely N-dealkylation sites (N-methyl/N-ethyl adjacent to an activating group) is 1. The van der Waals surface area contributed by atoms with Gasteiger partial charge in [-0.2, -0.15) is 0 Å². The number of halogens is 1. The first-order valence-corrected chi connectivity index (χ1v) is 8.47. The molecule has 0 spiro atoms. The Balaban J connectivity index is 0.00000225. The molecule has 1 amide bonds. The first kappa shape index (κ1) is 19.4. The van der Waals surface area contributed by atoms with Crippen LogP contribution in [0.25, 0.3) is 0 Å². The van der Waals surface area contributed by atoms with Crippen molar-refractivity contribution in [2.75, 3.05) is 13.6 Å². The Hall–Kier alpha value is -1.88. The Bertz CT molecular complexity index is 705. The molecule has 0 radical (unpaired) electrons. The molecule has 2 aromatic carbocycles. The second-order valence-electron chi connectivity index (χ2n) is 6.64. The molecule has 3 rings (SSSR count). The highest BCUT2D eigenvalue weighted by atomic mass is 35.5. The minimum atomic E-state index is 0. The normalized spacial score (nSPS) is 13.9. The smallest absolute Gasteiger partial charge is 0.251 e. The molecule has 25 heavy (non-hydrogen) atoms. The third-order valence-electron chi connectivity index (χ3n) is 4.36. The summed E-state index contributed by atoms with van der Waals surface area (Å²) < 4.78 is 0. The van der Waals surface area contributed by atoms with Crippen LogP contribution in [0.1, 0.15) is 34.0 Å². The molecule has 0 fully saturated rings. The number of hydrogen-bond donors (Lipinski definition) is 2. The van der Waals surface area contributed by atoms with Crippen LogP contribution in [0.15, 0.2) is 48.5 Å². The highest BCUT2D eigenvalue weighted by Crippen LogP contribution is 2.17. The van der Waals surface area contributed by atoms with E-state index in [-0.39, 0.29) is 24.4 Å². The summed E-state index contributed by atoms with van der Waals surface area (Å²) in [6.45, 7) is 5.50. The molecule has 1 aliphatic heterocycles. The van der Waals surface area contributed by atoms with Crippen LogP contribution in [0, 0.1) is 0 Å². The van der Waals surface area contributed by atoms with Gasteiger partial charge >= 0.3 is 0 Å². The Morgan fingerprint density at radius 3 is 2.64 bits per heavy atom. The minimum absolute atomic E-state index is 0. The number of nitrogens with zero attached hydrogens (tertiary/aromatic N) is 1. The SMILES string of the molecule is CC(CN(C)Cc1ccccc1)NC(=O)c1ccc2c(c1)CNC2.Cl. The molecular formula is C20H26ClN3O. The van der Waals surface area contributed by atoms with Gasteiger partial charge in [0.25, 0.3) is 5.91 Å². The van der Waals surface area contributed by atoms with Crippen LogP contribution in [0.3, 0.4) is 0 Å². The van der Waals surface area contributed by atoms with Crippen LogP contribution in [0.5, 0.6) is 0 Å². The largest absolute Gasteiger partial charge is 0.348 e. The van der Waals surface area contributed by atoms with Crippen LogP contribution >= 0.6 is 12.4 Å². The summed E-state index contributed by atoms with van der Waals surface area (Å²) in [5, 5.41) is 6.41. The molecule has 1 aliphatic rings. The molecule has 0 aromatic heterocycles. The number of nitrogens with one attached hydrogen (secondary N) is 2. The quantitative estimate of drug-likeness (QED) is 0.833. The molecule has 2 aromatic rings. The van der Waals surface area contributed by atoms with E-state index >= 15 is 0 Å². The van der Waals surface area contributed by atoms with Gasteiger partial charge in [0.1, 0.15) is 0 Å². The molecule has 4 nitrogen and oxygen atoms in total. The van der Waals surface area contributed by atoms with Crippen LogP contribution in [0.2, 0.25) is 0 Å². The third-order valence-corrected chi connectivity index (χ3v) is 4.36.